The highest BCUT2D eigenvalue weighted by atomic mass is 16.3. The summed E-state index contributed by atoms with van der Waals surface area (Å²) in [6.45, 7) is 10.5. The van der Waals surface area contributed by atoms with E-state index in [1.165, 1.54) is 12.0 Å². The van der Waals surface area contributed by atoms with Crippen LogP contribution in [0.1, 0.15) is 64.6 Å². The number of nitrogens with zero attached hydrogens (tertiary/aromatic N) is 2. The summed E-state index contributed by atoms with van der Waals surface area (Å²) in [5, 5.41) is 18.4. The van der Waals surface area contributed by atoms with Crippen molar-refractivity contribution < 1.29 is 5.11 Å². The SMILES string of the molecule is Cn1cc(CNCC2(C)CCCCC2O)c(C(C)(C)C)n1. The topological polar surface area (TPSA) is 50.1 Å². The molecule has 2 rings (SSSR count). The predicted molar refractivity (Wildman–Crippen MR) is 86.2 cm³/mol. The van der Waals surface area contributed by atoms with Gasteiger partial charge in [-0.05, 0) is 12.8 Å². The van der Waals surface area contributed by atoms with Crippen LogP contribution in [0.15, 0.2) is 6.20 Å². The molecule has 0 amide bonds. The molecule has 21 heavy (non-hydrogen) atoms. The fraction of sp³-hybridized carbons (Fsp3) is 0.824. The van der Waals surface area contributed by atoms with Crippen LogP contribution in [0.4, 0.5) is 0 Å². The number of hydrogen-bond acceptors (Lipinski definition) is 3. The van der Waals surface area contributed by atoms with Gasteiger partial charge < -0.3 is 10.4 Å². The molecule has 1 aromatic rings. The second kappa shape index (κ2) is 6.09. The molecule has 4 heteroatoms. The van der Waals surface area contributed by atoms with Crippen molar-refractivity contribution in [2.75, 3.05) is 6.54 Å². The highest BCUT2D eigenvalue weighted by molar-refractivity contribution is 5.23. The highest BCUT2D eigenvalue weighted by Crippen LogP contribution is 2.35. The quantitative estimate of drug-likeness (QED) is 0.897. The number of aromatic nitrogens is 2. The van der Waals surface area contributed by atoms with Crippen LogP contribution >= 0.6 is 0 Å². The largest absolute Gasteiger partial charge is 0.393 e. The molecule has 4 nitrogen and oxygen atoms in total. The zero-order chi connectivity index (χ0) is 15.7. The summed E-state index contributed by atoms with van der Waals surface area (Å²) in [4.78, 5) is 0. The van der Waals surface area contributed by atoms with E-state index in [1.54, 1.807) is 0 Å². The first-order valence-electron chi connectivity index (χ1n) is 8.14. The minimum atomic E-state index is -0.172. The maximum Gasteiger partial charge on any atom is 0.0722 e. The number of aliphatic hydroxyl groups is 1. The third-order valence-electron chi connectivity index (χ3n) is 4.74. The molecule has 0 bridgehead atoms. The van der Waals surface area contributed by atoms with Gasteiger partial charge in [-0.1, -0.05) is 40.5 Å². The molecule has 1 heterocycles. The van der Waals surface area contributed by atoms with Gasteiger partial charge in [-0.3, -0.25) is 4.68 Å². The summed E-state index contributed by atoms with van der Waals surface area (Å²) in [7, 11) is 1.98. The van der Waals surface area contributed by atoms with Crippen molar-refractivity contribution in [3.63, 3.8) is 0 Å². The molecule has 0 saturated heterocycles. The molecule has 0 spiro atoms. The predicted octanol–water partition coefficient (Wildman–Crippen LogP) is 2.75. The van der Waals surface area contributed by atoms with Crippen molar-refractivity contribution in [3.05, 3.63) is 17.5 Å². The van der Waals surface area contributed by atoms with E-state index in [1.807, 2.05) is 11.7 Å². The molecule has 1 aromatic heterocycles. The van der Waals surface area contributed by atoms with Crippen LogP contribution < -0.4 is 5.32 Å². The van der Waals surface area contributed by atoms with Crippen molar-refractivity contribution in [2.24, 2.45) is 12.5 Å². The van der Waals surface area contributed by atoms with Gasteiger partial charge in [-0.2, -0.15) is 5.10 Å². The maximum atomic E-state index is 10.3. The molecule has 120 valence electrons. The molecule has 1 aliphatic carbocycles. The summed E-state index contributed by atoms with van der Waals surface area (Å²) >= 11 is 0. The Bertz CT molecular complexity index is 475. The third-order valence-corrected chi connectivity index (χ3v) is 4.74. The number of nitrogens with one attached hydrogen (secondary N) is 1. The lowest BCUT2D eigenvalue weighted by atomic mass is 9.73. The Kier molecular flexibility index (Phi) is 4.79. The molecule has 0 aliphatic heterocycles. The first-order valence-corrected chi connectivity index (χ1v) is 8.14. The minimum absolute atomic E-state index is 0.0162. The fourth-order valence-electron chi connectivity index (χ4n) is 3.37. The molecular weight excluding hydrogens is 262 g/mol. The van der Waals surface area contributed by atoms with E-state index in [0.29, 0.717) is 0 Å². The molecule has 2 unspecified atom stereocenters. The summed E-state index contributed by atoms with van der Waals surface area (Å²) < 4.78 is 1.90. The highest BCUT2D eigenvalue weighted by Gasteiger charge is 2.35. The Morgan fingerprint density at radius 3 is 2.76 bits per heavy atom. The van der Waals surface area contributed by atoms with Crippen molar-refractivity contribution in [3.8, 4) is 0 Å². The monoisotopic (exact) mass is 293 g/mol. The van der Waals surface area contributed by atoms with E-state index in [0.717, 1.165) is 38.0 Å². The zero-order valence-corrected chi connectivity index (χ0v) is 14.2. The van der Waals surface area contributed by atoms with Crippen molar-refractivity contribution in [2.45, 2.75) is 71.4 Å². The molecular formula is C17H31N3O. The van der Waals surface area contributed by atoms with E-state index in [9.17, 15) is 5.11 Å². The van der Waals surface area contributed by atoms with Gasteiger partial charge in [0.15, 0.2) is 0 Å². The normalized spacial score (nSPS) is 27.0. The van der Waals surface area contributed by atoms with Crippen LogP contribution in [0.5, 0.6) is 0 Å². The van der Waals surface area contributed by atoms with E-state index < -0.39 is 0 Å². The van der Waals surface area contributed by atoms with Crippen LogP contribution in [0.25, 0.3) is 0 Å². The second-order valence-corrected chi connectivity index (χ2v) is 7.95. The molecule has 1 aliphatic rings. The van der Waals surface area contributed by atoms with Gasteiger partial charge in [0.2, 0.25) is 0 Å². The van der Waals surface area contributed by atoms with Crippen LogP contribution in [-0.2, 0) is 19.0 Å². The molecule has 0 aromatic carbocycles. The van der Waals surface area contributed by atoms with Gasteiger partial charge in [-0.25, -0.2) is 0 Å². The lowest BCUT2D eigenvalue weighted by molar-refractivity contribution is 0.00113. The lowest BCUT2D eigenvalue weighted by Crippen LogP contribution is -2.43. The minimum Gasteiger partial charge on any atom is -0.393 e. The number of aryl methyl sites for hydroxylation is 1. The van der Waals surface area contributed by atoms with Crippen molar-refractivity contribution in [1.82, 2.24) is 15.1 Å². The van der Waals surface area contributed by atoms with E-state index in [2.05, 4.69) is 44.3 Å². The summed E-state index contributed by atoms with van der Waals surface area (Å²) in [6.07, 6.45) is 6.38. The molecule has 1 fully saturated rings. The summed E-state index contributed by atoms with van der Waals surface area (Å²) in [5.74, 6) is 0. The van der Waals surface area contributed by atoms with Gasteiger partial charge in [0.25, 0.3) is 0 Å². The number of hydrogen-bond donors (Lipinski definition) is 2. The number of rotatable bonds is 4. The maximum absolute atomic E-state index is 10.3. The first-order chi connectivity index (χ1) is 9.72. The Morgan fingerprint density at radius 1 is 1.43 bits per heavy atom. The van der Waals surface area contributed by atoms with Crippen molar-refractivity contribution in [1.29, 1.82) is 0 Å². The number of aliphatic hydroxyl groups excluding tert-OH is 1. The Balaban J connectivity index is 1.98. The summed E-state index contributed by atoms with van der Waals surface area (Å²) in [6, 6.07) is 0. The average Bonchev–Trinajstić information content (AvgIpc) is 2.74. The average molecular weight is 293 g/mol. The van der Waals surface area contributed by atoms with Gasteiger partial charge in [-0.15, -0.1) is 0 Å². The summed E-state index contributed by atoms with van der Waals surface area (Å²) in [5.41, 5.74) is 2.50. The van der Waals surface area contributed by atoms with Crippen molar-refractivity contribution >= 4 is 0 Å². The van der Waals surface area contributed by atoms with E-state index >= 15 is 0 Å². The molecule has 1 saturated carbocycles. The van der Waals surface area contributed by atoms with Gasteiger partial charge in [0, 0.05) is 42.7 Å². The Labute approximate surface area is 128 Å². The van der Waals surface area contributed by atoms with Crippen LogP contribution in [0.3, 0.4) is 0 Å². The van der Waals surface area contributed by atoms with Crippen LogP contribution in [0, 0.1) is 5.41 Å². The Hall–Kier alpha value is -0.870. The zero-order valence-electron chi connectivity index (χ0n) is 14.2. The van der Waals surface area contributed by atoms with Crippen LogP contribution in [0.2, 0.25) is 0 Å². The van der Waals surface area contributed by atoms with Crippen LogP contribution in [-0.4, -0.2) is 27.5 Å². The third kappa shape index (κ3) is 3.86. The van der Waals surface area contributed by atoms with Gasteiger partial charge in [0.1, 0.15) is 0 Å². The first kappa shape index (κ1) is 16.5. The molecule has 2 atom stereocenters. The van der Waals surface area contributed by atoms with E-state index in [-0.39, 0.29) is 16.9 Å². The molecule has 0 radical (unpaired) electrons. The van der Waals surface area contributed by atoms with E-state index in [4.69, 9.17) is 0 Å². The standard InChI is InChI=1S/C17H31N3O/c1-16(2,3)15-13(11-20(5)19-15)10-18-12-17(4)9-7-6-8-14(17)21/h11,14,18,21H,6-10,12H2,1-5H3. The van der Waals surface area contributed by atoms with Gasteiger partial charge in [0.05, 0.1) is 11.8 Å². The smallest absolute Gasteiger partial charge is 0.0722 e. The second-order valence-electron chi connectivity index (χ2n) is 7.95. The Morgan fingerprint density at radius 2 is 2.14 bits per heavy atom. The lowest BCUT2D eigenvalue weighted by Gasteiger charge is -2.38. The fourth-order valence-corrected chi connectivity index (χ4v) is 3.37. The van der Waals surface area contributed by atoms with Gasteiger partial charge >= 0.3 is 0 Å². The molecule has 2 N–H and O–H groups in total.